The summed E-state index contributed by atoms with van der Waals surface area (Å²) in [5.41, 5.74) is 6.73. The predicted octanol–water partition coefficient (Wildman–Crippen LogP) is 6.52. The first kappa shape index (κ1) is 29.5. The van der Waals surface area contributed by atoms with Gasteiger partial charge in [-0.25, -0.2) is 8.78 Å². The molecule has 3 N–H and O–H groups in total. The van der Waals surface area contributed by atoms with E-state index in [0.29, 0.717) is 18.4 Å². The number of primary amides is 1. The van der Waals surface area contributed by atoms with Crippen LogP contribution in [0.3, 0.4) is 0 Å². The number of methoxy groups -OCH3 is 1. The molecule has 2 aromatic rings. The second kappa shape index (κ2) is 14.1. The minimum atomic E-state index is -0.609. The Morgan fingerprint density at radius 3 is 2.50 bits per heavy atom. The molecule has 36 heavy (non-hydrogen) atoms. The molecule has 1 atom stereocenters. The highest BCUT2D eigenvalue weighted by atomic mass is 32.2. The first-order valence-electron chi connectivity index (χ1n) is 12.0. The first-order chi connectivity index (χ1) is 17.0. The summed E-state index contributed by atoms with van der Waals surface area (Å²) in [5, 5.41) is 10.2. The number of ether oxygens (including phenoxy) is 1. The normalized spacial score (nSPS) is 14.6. The van der Waals surface area contributed by atoms with Gasteiger partial charge in [0.1, 0.15) is 17.7 Å². The van der Waals surface area contributed by atoms with Crippen molar-refractivity contribution in [1.29, 1.82) is 0 Å². The lowest BCUT2D eigenvalue weighted by Gasteiger charge is -2.12. The van der Waals surface area contributed by atoms with Crippen molar-refractivity contribution >= 4 is 29.3 Å². The van der Waals surface area contributed by atoms with E-state index < -0.39 is 17.7 Å². The molecule has 0 saturated heterocycles. The van der Waals surface area contributed by atoms with Crippen molar-refractivity contribution < 1.29 is 28.0 Å². The SMILES string of the molecule is COC(CCC/C=C/C(C)(C)C)C(N)=O.OC1=[N+](Cc2cc(F)cc(F)c2)c2ccccc2SCC1. The molecular formula is C28H37F2N2O3S+. The lowest BCUT2D eigenvalue weighted by Crippen LogP contribution is -2.29. The maximum absolute atomic E-state index is 13.3. The van der Waals surface area contributed by atoms with E-state index in [0.717, 1.165) is 35.2 Å². The molecule has 0 radical (unpaired) electrons. The molecule has 0 aromatic heterocycles. The molecule has 2 aromatic carbocycles. The van der Waals surface area contributed by atoms with Crippen molar-refractivity contribution in [2.75, 3.05) is 12.9 Å². The number of nitrogens with zero attached hydrogens (tertiary/aromatic N) is 1. The fraction of sp³-hybridized carbons (Fsp3) is 0.429. The van der Waals surface area contributed by atoms with Crippen molar-refractivity contribution in [1.82, 2.24) is 0 Å². The van der Waals surface area contributed by atoms with Crippen molar-refractivity contribution in [3.8, 4) is 0 Å². The number of carbonyl (C=O) groups is 1. The Morgan fingerprint density at radius 2 is 1.89 bits per heavy atom. The topological polar surface area (TPSA) is 75.6 Å². The Labute approximate surface area is 217 Å². The molecule has 1 aliphatic rings. The number of hydrogen-bond acceptors (Lipinski definition) is 3. The summed E-state index contributed by atoms with van der Waals surface area (Å²) in [6.45, 7) is 6.71. The molecule has 1 unspecified atom stereocenters. The highest BCUT2D eigenvalue weighted by molar-refractivity contribution is 7.99. The van der Waals surface area contributed by atoms with Crippen LogP contribution in [-0.2, 0) is 16.1 Å². The summed E-state index contributed by atoms with van der Waals surface area (Å²) in [4.78, 5) is 11.9. The van der Waals surface area contributed by atoms with E-state index >= 15 is 0 Å². The number of amides is 1. The number of thioether (sulfide) groups is 1. The van der Waals surface area contributed by atoms with Crippen LogP contribution in [0.1, 0.15) is 52.0 Å². The predicted molar refractivity (Wildman–Crippen MR) is 142 cm³/mol. The largest absolute Gasteiger partial charge is 0.463 e. The number of rotatable bonds is 8. The molecule has 5 nitrogen and oxygen atoms in total. The van der Waals surface area contributed by atoms with Gasteiger partial charge in [0.25, 0.3) is 0 Å². The number of fused-ring (bicyclic) bond motifs is 1. The van der Waals surface area contributed by atoms with Crippen molar-refractivity contribution in [3.05, 3.63) is 71.8 Å². The fourth-order valence-electron chi connectivity index (χ4n) is 3.62. The smallest absolute Gasteiger partial charge is 0.340 e. The van der Waals surface area contributed by atoms with Gasteiger partial charge in [-0.05, 0) is 42.9 Å². The summed E-state index contributed by atoms with van der Waals surface area (Å²) in [6, 6.07) is 11.1. The monoisotopic (exact) mass is 519 g/mol. The number of aliphatic hydroxyl groups is 1. The van der Waals surface area contributed by atoms with E-state index in [-0.39, 0.29) is 23.8 Å². The Kier molecular flexibility index (Phi) is 11.6. The maximum atomic E-state index is 13.3. The number of allylic oxidation sites excluding steroid dienone is 2. The summed E-state index contributed by atoms with van der Waals surface area (Å²) in [7, 11) is 1.51. The molecule has 0 fully saturated rings. The van der Waals surface area contributed by atoms with Crippen molar-refractivity contribution in [2.45, 2.75) is 64.0 Å². The summed E-state index contributed by atoms with van der Waals surface area (Å²) in [5.74, 6) is -0.602. The van der Waals surface area contributed by atoms with Gasteiger partial charge < -0.3 is 15.6 Å². The van der Waals surface area contributed by atoms with Crippen LogP contribution in [0.2, 0.25) is 0 Å². The third-order valence-electron chi connectivity index (χ3n) is 5.37. The lowest BCUT2D eigenvalue weighted by molar-refractivity contribution is -0.470. The third-order valence-corrected chi connectivity index (χ3v) is 6.44. The zero-order chi connectivity index (χ0) is 26.7. The van der Waals surface area contributed by atoms with Gasteiger partial charge in [0.2, 0.25) is 11.6 Å². The molecule has 3 rings (SSSR count). The number of hydrogen-bond donors (Lipinski definition) is 2. The van der Waals surface area contributed by atoms with E-state index in [1.165, 1.54) is 19.2 Å². The average molecular weight is 520 g/mol. The molecule has 0 bridgehead atoms. The van der Waals surface area contributed by atoms with Gasteiger partial charge in [-0.2, -0.15) is 4.58 Å². The minimum Gasteiger partial charge on any atom is -0.463 e. The van der Waals surface area contributed by atoms with Gasteiger partial charge in [-0.15, -0.1) is 11.8 Å². The van der Waals surface area contributed by atoms with E-state index in [1.54, 1.807) is 16.3 Å². The number of unbranched alkanes of at least 4 members (excludes halogenated alkanes) is 1. The highest BCUT2D eigenvalue weighted by Crippen LogP contribution is 2.33. The maximum Gasteiger partial charge on any atom is 0.340 e. The molecule has 196 valence electrons. The van der Waals surface area contributed by atoms with E-state index in [9.17, 15) is 18.7 Å². The van der Waals surface area contributed by atoms with Crippen molar-refractivity contribution in [3.63, 3.8) is 0 Å². The van der Waals surface area contributed by atoms with Gasteiger partial charge in [0, 0.05) is 30.6 Å². The fourth-order valence-corrected chi connectivity index (χ4v) is 4.63. The quantitative estimate of drug-likeness (QED) is 0.237. The summed E-state index contributed by atoms with van der Waals surface area (Å²) >= 11 is 1.66. The minimum absolute atomic E-state index is 0.220. The summed E-state index contributed by atoms with van der Waals surface area (Å²) in [6.07, 6.45) is 7.00. The Morgan fingerprint density at radius 1 is 1.22 bits per heavy atom. The highest BCUT2D eigenvalue weighted by Gasteiger charge is 2.25. The van der Waals surface area contributed by atoms with Crippen LogP contribution < -0.4 is 5.73 Å². The first-order valence-corrected chi connectivity index (χ1v) is 13.0. The van der Waals surface area contributed by atoms with Gasteiger partial charge in [-0.3, -0.25) is 4.79 Å². The van der Waals surface area contributed by atoms with Crippen molar-refractivity contribution in [2.24, 2.45) is 11.1 Å². The molecule has 0 saturated carbocycles. The number of benzene rings is 2. The second-order valence-electron chi connectivity index (χ2n) is 9.67. The van der Waals surface area contributed by atoms with Crippen LogP contribution in [0.5, 0.6) is 0 Å². The third kappa shape index (κ3) is 10.1. The molecule has 8 heteroatoms. The number of carbonyl (C=O) groups excluding carboxylic acids is 1. The van der Waals surface area contributed by atoms with E-state index in [2.05, 4.69) is 32.9 Å². The van der Waals surface area contributed by atoms with Crippen LogP contribution in [-0.4, -0.2) is 40.5 Å². The van der Waals surface area contributed by atoms with Gasteiger partial charge in [0.15, 0.2) is 6.54 Å². The standard InChI is InChI=1S/C16H13F2NOS.C12H23NO2/c17-12-7-11(8-13(18)9-12)10-19-14-3-1-2-4-15(14)21-6-5-16(19)20;1-12(2,3)9-7-5-6-8-10(15-4)11(13)14/h1-4,7-9H,5-6,10H2;7,9-10H,5-6,8H2,1-4H3,(H2,13,14)/p+1/b;9-7+. The summed E-state index contributed by atoms with van der Waals surface area (Å²) < 4.78 is 33.3. The zero-order valence-corrected chi connectivity index (χ0v) is 22.3. The lowest BCUT2D eigenvalue weighted by atomic mass is 9.95. The van der Waals surface area contributed by atoms with E-state index in [1.807, 2.05) is 24.3 Å². The van der Waals surface area contributed by atoms with Crippen LogP contribution in [0, 0.1) is 17.0 Å². The van der Waals surface area contributed by atoms with Crippen LogP contribution in [0.15, 0.2) is 59.5 Å². The van der Waals surface area contributed by atoms with E-state index in [4.69, 9.17) is 10.5 Å². The van der Waals surface area contributed by atoms with Gasteiger partial charge in [-0.1, -0.05) is 45.1 Å². The van der Waals surface area contributed by atoms with Gasteiger partial charge >= 0.3 is 5.90 Å². The molecular weight excluding hydrogens is 482 g/mol. The molecule has 1 heterocycles. The molecule has 0 spiro atoms. The van der Waals surface area contributed by atoms with Crippen LogP contribution >= 0.6 is 11.8 Å². The Hall–Kier alpha value is -2.71. The number of para-hydroxylation sites is 1. The van der Waals surface area contributed by atoms with Crippen LogP contribution in [0.4, 0.5) is 14.5 Å². The Bertz CT molecular complexity index is 1060. The molecule has 1 amide bonds. The molecule has 0 aliphatic carbocycles. The average Bonchev–Trinajstić information content (AvgIpc) is 2.94. The number of halogens is 2. The zero-order valence-electron chi connectivity index (χ0n) is 21.5. The Balaban J connectivity index is 0.000000271. The second-order valence-corrected chi connectivity index (χ2v) is 10.8. The number of nitrogens with two attached hydrogens (primary N) is 1. The van der Waals surface area contributed by atoms with Crippen LogP contribution in [0.25, 0.3) is 0 Å². The van der Waals surface area contributed by atoms with Gasteiger partial charge in [0.05, 0.1) is 11.3 Å². The molecule has 1 aliphatic heterocycles. The number of aliphatic hydroxyl groups excluding tert-OH is 1.